The van der Waals surface area contributed by atoms with Crippen LogP contribution < -0.4 is 5.32 Å². The van der Waals surface area contributed by atoms with E-state index < -0.39 is 0 Å². The van der Waals surface area contributed by atoms with Crippen molar-refractivity contribution in [1.82, 2.24) is 9.38 Å². The van der Waals surface area contributed by atoms with Crippen LogP contribution in [0, 0.1) is 18.3 Å². The molecule has 102 valence electrons. The fourth-order valence-corrected chi connectivity index (χ4v) is 2.12. The molecule has 0 atom stereocenters. The second kappa shape index (κ2) is 5.10. The van der Waals surface area contributed by atoms with Crippen molar-refractivity contribution in [1.29, 1.82) is 5.26 Å². The molecule has 0 bridgehead atoms. The predicted octanol–water partition coefficient (Wildman–Crippen LogP) is 2.77. The lowest BCUT2D eigenvalue weighted by atomic mass is 10.2. The maximum absolute atomic E-state index is 12.2. The molecule has 1 aromatic carbocycles. The highest BCUT2D eigenvalue weighted by molar-refractivity contribution is 6.04. The van der Waals surface area contributed by atoms with E-state index in [0.29, 0.717) is 16.8 Å². The summed E-state index contributed by atoms with van der Waals surface area (Å²) in [5.41, 5.74) is 3.33. The number of anilines is 1. The molecule has 0 unspecified atom stereocenters. The van der Waals surface area contributed by atoms with Gasteiger partial charge in [0, 0.05) is 18.1 Å². The highest BCUT2D eigenvalue weighted by Crippen LogP contribution is 2.13. The summed E-state index contributed by atoms with van der Waals surface area (Å²) in [5, 5.41) is 11.6. The second-order valence-corrected chi connectivity index (χ2v) is 4.71. The van der Waals surface area contributed by atoms with E-state index in [1.165, 1.54) is 0 Å². The highest BCUT2D eigenvalue weighted by atomic mass is 16.1. The van der Waals surface area contributed by atoms with Gasteiger partial charge in [-0.05, 0) is 37.3 Å². The van der Waals surface area contributed by atoms with Crippen LogP contribution in [0.15, 0.2) is 48.8 Å². The lowest BCUT2D eigenvalue weighted by molar-refractivity contribution is 0.102. The molecule has 1 N–H and O–H groups in total. The zero-order valence-electron chi connectivity index (χ0n) is 11.4. The van der Waals surface area contributed by atoms with Gasteiger partial charge in [-0.15, -0.1) is 0 Å². The van der Waals surface area contributed by atoms with Gasteiger partial charge in [0.25, 0.3) is 5.91 Å². The van der Waals surface area contributed by atoms with Crippen LogP contribution in [0.3, 0.4) is 0 Å². The molecule has 0 radical (unpaired) electrons. The number of carbonyl (C=O) groups excluding carboxylic acids is 1. The van der Waals surface area contributed by atoms with E-state index in [9.17, 15) is 4.79 Å². The first kappa shape index (κ1) is 12.9. The molecule has 3 aromatic rings. The molecular weight excluding hydrogens is 264 g/mol. The minimum atomic E-state index is -0.224. The number of benzene rings is 1. The number of aromatic nitrogens is 2. The van der Waals surface area contributed by atoms with Gasteiger partial charge in [-0.1, -0.05) is 6.07 Å². The molecule has 0 saturated heterocycles. The van der Waals surface area contributed by atoms with Gasteiger partial charge < -0.3 is 9.72 Å². The second-order valence-electron chi connectivity index (χ2n) is 4.71. The average molecular weight is 276 g/mol. The molecule has 2 aromatic heterocycles. The minimum absolute atomic E-state index is 0.224. The van der Waals surface area contributed by atoms with Crippen LogP contribution in [-0.2, 0) is 0 Å². The average Bonchev–Trinajstić information content (AvgIpc) is 2.86. The van der Waals surface area contributed by atoms with Gasteiger partial charge in [-0.2, -0.15) is 5.26 Å². The minimum Gasteiger partial charge on any atom is -0.322 e. The third kappa shape index (κ3) is 2.60. The molecule has 0 spiro atoms. The number of aryl methyl sites for hydroxylation is 1. The third-order valence-corrected chi connectivity index (χ3v) is 3.08. The Morgan fingerprint density at radius 2 is 2.14 bits per heavy atom. The molecule has 5 nitrogen and oxygen atoms in total. The van der Waals surface area contributed by atoms with Crippen LogP contribution in [0.5, 0.6) is 0 Å². The van der Waals surface area contributed by atoms with Crippen molar-refractivity contribution in [3.05, 3.63) is 65.6 Å². The van der Waals surface area contributed by atoms with Gasteiger partial charge in [0.15, 0.2) is 0 Å². The maximum Gasteiger partial charge on any atom is 0.257 e. The van der Waals surface area contributed by atoms with Crippen LogP contribution in [0.4, 0.5) is 5.69 Å². The summed E-state index contributed by atoms with van der Waals surface area (Å²) >= 11 is 0. The molecule has 1 amide bonds. The number of carbonyl (C=O) groups is 1. The van der Waals surface area contributed by atoms with Crippen LogP contribution in [0.25, 0.3) is 5.65 Å². The van der Waals surface area contributed by atoms with Crippen LogP contribution >= 0.6 is 0 Å². The third-order valence-electron chi connectivity index (χ3n) is 3.08. The zero-order valence-corrected chi connectivity index (χ0v) is 11.4. The van der Waals surface area contributed by atoms with Crippen LogP contribution in [0.1, 0.15) is 21.6 Å². The molecule has 0 aliphatic rings. The smallest absolute Gasteiger partial charge is 0.257 e. The number of nitrogens with zero attached hydrogens (tertiary/aromatic N) is 3. The lowest BCUT2D eigenvalue weighted by Gasteiger charge is -2.06. The van der Waals surface area contributed by atoms with E-state index in [1.54, 1.807) is 42.6 Å². The maximum atomic E-state index is 12.2. The Morgan fingerprint density at radius 1 is 1.29 bits per heavy atom. The largest absolute Gasteiger partial charge is 0.322 e. The number of pyridine rings is 1. The summed E-state index contributed by atoms with van der Waals surface area (Å²) in [6, 6.07) is 12.4. The van der Waals surface area contributed by atoms with Gasteiger partial charge in [0.05, 0.1) is 22.9 Å². The van der Waals surface area contributed by atoms with Crippen molar-refractivity contribution in [3.8, 4) is 6.07 Å². The van der Waals surface area contributed by atoms with Crippen molar-refractivity contribution >= 4 is 17.2 Å². The van der Waals surface area contributed by atoms with Gasteiger partial charge in [0.1, 0.15) is 5.65 Å². The Labute approximate surface area is 121 Å². The molecular formula is C16H12N4O. The molecule has 21 heavy (non-hydrogen) atoms. The van der Waals surface area contributed by atoms with E-state index in [2.05, 4.69) is 10.3 Å². The zero-order chi connectivity index (χ0) is 14.8. The standard InChI is InChI=1S/C16H12N4O/c1-11-9-20-10-13(5-6-15(20)18-11)16(21)19-14-4-2-3-12(7-14)8-17/h2-7,9-10H,1H3,(H,19,21). The van der Waals surface area contributed by atoms with Crippen molar-refractivity contribution < 1.29 is 4.79 Å². The first-order chi connectivity index (χ1) is 10.2. The molecule has 0 saturated carbocycles. The molecule has 0 aliphatic carbocycles. The summed E-state index contributed by atoms with van der Waals surface area (Å²) in [6.45, 7) is 1.90. The van der Waals surface area contributed by atoms with E-state index >= 15 is 0 Å². The topological polar surface area (TPSA) is 70.2 Å². The molecule has 3 rings (SSSR count). The van der Waals surface area contributed by atoms with E-state index in [-0.39, 0.29) is 5.91 Å². The quantitative estimate of drug-likeness (QED) is 0.782. The van der Waals surface area contributed by atoms with Gasteiger partial charge in [-0.25, -0.2) is 4.98 Å². The van der Waals surface area contributed by atoms with Crippen LogP contribution in [0.2, 0.25) is 0 Å². The Balaban J connectivity index is 1.87. The normalized spacial score (nSPS) is 10.3. The molecule has 0 aliphatic heterocycles. The monoisotopic (exact) mass is 276 g/mol. The number of hydrogen-bond acceptors (Lipinski definition) is 3. The lowest BCUT2D eigenvalue weighted by Crippen LogP contribution is -2.12. The predicted molar refractivity (Wildman–Crippen MR) is 79.0 cm³/mol. The van der Waals surface area contributed by atoms with Gasteiger partial charge >= 0.3 is 0 Å². The first-order valence-corrected chi connectivity index (χ1v) is 6.42. The van der Waals surface area contributed by atoms with Gasteiger partial charge in [0.2, 0.25) is 0 Å². The molecule has 5 heteroatoms. The Bertz CT molecular complexity index is 873. The number of hydrogen-bond donors (Lipinski definition) is 1. The Kier molecular flexibility index (Phi) is 3.13. The van der Waals surface area contributed by atoms with Crippen molar-refractivity contribution in [3.63, 3.8) is 0 Å². The summed E-state index contributed by atoms with van der Waals surface area (Å²) in [6.07, 6.45) is 3.60. The van der Waals surface area contributed by atoms with E-state index in [0.717, 1.165) is 11.3 Å². The van der Waals surface area contributed by atoms with Gasteiger partial charge in [-0.3, -0.25) is 4.79 Å². The highest BCUT2D eigenvalue weighted by Gasteiger charge is 2.08. The summed E-state index contributed by atoms with van der Waals surface area (Å²) in [4.78, 5) is 16.6. The Morgan fingerprint density at radius 3 is 2.95 bits per heavy atom. The molecule has 0 fully saturated rings. The summed E-state index contributed by atoms with van der Waals surface area (Å²) < 4.78 is 1.82. The molecule has 2 heterocycles. The first-order valence-electron chi connectivity index (χ1n) is 6.42. The number of fused-ring (bicyclic) bond motifs is 1. The fourth-order valence-electron chi connectivity index (χ4n) is 2.12. The Hall–Kier alpha value is -3.13. The summed E-state index contributed by atoms with van der Waals surface area (Å²) in [7, 11) is 0. The SMILES string of the molecule is Cc1cn2cc(C(=O)Nc3cccc(C#N)c3)ccc2n1. The fraction of sp³-hybridized carbons (Fsp3) is 0.0625. The van der Waals surface area contributed by atoms with E-state index in [1.807, 2.05) is 23.6 Å². The number of amides is 1. The number of rotatable bonds is 2. The number of nitriles is 1. The number of nitrogens with one attached hydrogen (secondary N) is 1. The number of imidazole rings is 1. The van der Waals surface area contributed by atoms with E-state index in [4.69, 9.17) is 5.26 Å². The van der Waals surface area contributed by atoms with Crippen molar-refractivity contribution in [2.75, 3.05) is 5.32 Å². The van der Waals surface area contributed by atoms with Crippen LogP contribution in [-0.4, -0.2) is 15.3 Å². The van der Waals surface area contributed by atoms with Crippen molar-refractivity contribution in [2.45, 2.75) is 6.92 Å². The van der Waals surface area contributed by atoms with Crippen molar-refractivity contribution in [2.24, 2.45) is 0 Å². The summed E-state index contributed by atoms with van der Waals surface area (Å²) in [5.74, 6) is -0.224.